The van der Waals surface area contributed by atoms with Crippen LogP contribution in [0.4, 0.5) is 4.79 Å². The van der Waals surface area contributed by atoms with Crippen molar-refractivity contribution in [3.8, 4) is 0 Å². The number of carbonyl (C=O) groups excluding carboxylic acids is 2. The third-order valence-corrected chi connectivity index (χ3v) is 6.33. The van der Waals surface area contributed by atoms with Crippen molar-refractivity contribution in [2.24, 2.45) is 0 Å². The van der Waals surface area contributed by atoms with Gasteiger partial charge < -0.3 is 18.5 Å². The molecule has 0 bridgehead atoms. The van der Waals surface area contributed by atoms with Gasteiger partial charge in [-0.15, -0.1) is 0 Å². The molecule has 0 aliphatic carbocycles. The van der Waals surface area contributed by atoms with Gasteiger partial charge in [0.25, 0.3) is 0 Å². The van der Waals surface area contributed by atoms with Crippen LogP contribution in [0.3, 0.4) is 0 Å². The topological polar surface area (TPSA) is 91.1 Å². The monoisotopic (exact) mass is 383 g/mol. The molecule has 0 unspecified atom stereocenters. The quantitative estimate of drug-likeness (QED) is 0.387. The summed E-state index contributed by atoms with van der Waals surface area (Å²) >= 11 is 0. The maximum Gasteiger partial charge on any atom is 0.411 e. The Balaban J connectivity index is 1.60. The number of nitrogens with zero attached hydrogens (tertiary/aromatic N) is 1. The first-order valence-electron chi connectivity index (χ1n) is 8.56. The molecule has 3 rings (SSSR count). The molecule has 1 amide bonds. The maximum absolute atomic E-state index is 12.7. The number of carbonyl (C=O) groups is 2. The molecule has 9 heteroatoms. The summed E-state index contributed by atoms with van der Waals surface area (Å²) in [5, 5.41) is 0. The molecule has 1 aromatic rings. The van der Waals surface area contributed by atoms with Gasteiger partial charge in [-0.3, -0.25) is 9.46 Å². The molecular formula is C17H22NO7P. The zero-order chi connectivity index (χ0) is 18.7. The van der Waals surface area contributed by atoms with Crippen LogP contribution in [0, 0.1) is 0 Å². The van der Waals surface area contributed by atoms with Crippen molar-refractivity contribution < 1.29 is 32.7 Å². The van der Waals surface area contributed by atoms with Gasteiger partial charge in [-0.1, -0.05) is 30.3 Å². The third kappa shape index (κ3) is 3.92. The fraction of sp³-hybridized carbons (Fsp3) is 0.529. The number of amides is 1. The predicted molar refractivity (Wildman–Crippen MR) is 91.6 cm³/mol. The predicted octanol–water partition coefficient (Wildman–Crippen LogP) is 2.57. The Kier molecular flexibility index (Phi) is 5.65. The number of ether oxygens (including phenoxy) is 2. The van der Waals surface area contributed by atoms with Crippen LogP contribution in [0.25, 0.3) is 0 Å². The molecule has 2 saturated heterocycles. The van der Waals surface area contributed by atoms with Gasteiger partial charge in [-0.25, -0.2) is 9.59 Å². The van der Waals surface area contributed by atoms with Crippen LogP contribution >= 0.6 is 7.60 Å². The fourth-order valence-corrected chi connectivity index (χ4v) is 4.91. The molecule has 1 aromatic carbocycles. The highest BCUT2D eigenvalue weighted by atomic mass is 31.2. The molecule has 8 nitrogen and oxygen atoms in total. The van der Waals surface area contributed by atoms with E-state index in [1.165, 1.54) is 4.90 Å². The Labute approximate surface area is 151 Å². The van der Waals surface area contributed by atoms with Gasteiger partial charge in [-0.05, 0) is 19.4 Å². The van der Waals surface area contributed by atoms with Gasteiger partial charge in [0, 0.05) is 0 Å². The van der Waals surface area contributed by atoms with Crippen molar-refractivity contribution in [1.29, 1.82) is 0 Å². The second-order valence-corrected chi connectivity index (χ2v) is 8.09. The highest BCUT2D eigenvalue weighted by Crippen LogP contribution is 2.53. The van der Waals surface area contributed by atoms with E-state index < -0.39 is 37.8 Å². The van der Waals surface area contributed by atoms with Gasteiger partial charge in [-0.2, -0.15) is 0 Å². The van der Waals surface area contributed by atoms with Crippen molar-refractivity contribution >= 4 is 19.7 Å². The molecular weight excluding hydrogens is 361 g/mol. The second kappa shape index (κ2) is 7.78. The molecule has 2 heterocycles. The lowest BCUT2D eigenvalue weighted by Crippen LogP contribution is -2.31. The number of rotatable bonds is 8. The zero-order valence-corrected chi connectivity index (χ0v) is 15.6. The van der Waals surface area contributed by atoms with Gasteiger partial charge >= 0.3 is 19.7 Å². The van der Waals surface area contributed by atoms with E-state index in [1.54, 1.807) is 13.8 Å². The number of morpholine rings is 1. The average Bonchev–Trinajstić information content (AvgIpc) is 3.28. The lowest BCUT2D eigenvalue weighted by atomic mass is 10.2. The summed E-state index contributed by atoms with van der Waals surface area (Å²) in [7, 11) is -3.38. The first kappa shape index (κ1) is 18.9. The number of esters is 1. The minimum atomic E-state index is -3.38. The van der Waals surface area contributed by atoms with E-state index in [0.29, 0.717) is 0 Å². The molecule has 142 valence electrons. The van der Waals surface area contributed by atoms with Gasteiger partial charge in [0.1, 0.15) is 18.8 Å². The summed E-state index contributed by atoms with van der Waals surface area (Å²) in [6.45, 7) is 3.97. The van der Waals surface area contributed by atoms with Crippen molar-refractivity contribution in [3.63, 3.8) is 0 Å². The summed E-state index contributed by atoms with van der Waals surface area (Å²) in [5.74, 6) is -0.517. The van der Waals surface area contributed by atoms with Crippen LogP contribution in [0.2, 0.25) is 0 Å². The number of cyclic esters (lactones) is 1. The third-order valence-electron chi connectivity index (χ3n) is 4.22. The van der Waals surface area contributed by atoms with E-state index in [2.05, 4.69) is 0 Å². The number of hydrogen-bond donors (Lipinski definition) is 0. The van der Waals surface area contributed by atoms with Gasteiger partial charge in [0.2, 0.25) is 0 Å². The normalized spacial score (nSPS) is 24.2. The molecule has 0 saturated carbocycles. The lowest BCUT2D eigenvalue weighted by molar-refractivity contribution is -0.145. The molecule has 2 fully saturated rings. The standard InChI is InChI=1S/C17H22NO7P/c1-3-23-26(21,24-4-2)11-13-14-15(16(19)25-13)18(14)17(20)22-10-12-8-6-5-7-9-12/h5-9,13-15H,3-4,10-11H2,1-2H3/t13-,14-,15-,18?/m1/s1. The number of hydrogen-bond acceptors (Lipinski definition) is 7. The van der Waals surface area contributed by atoms with Crippen LogP contribution in [-0.4, -0.2) is 54.5 Å². The number of benzene rings is 1. The second-order valence-electron chi connectivity index (χ2n) is 5.99. The van der Waals surface area contributed by atoms with E-state index in [4.69, 9.17) is 18.5 Å². The van der Waals surface area contributed by atoms with Crippen LogP contribution in [-0.2, 0) is 34.5 Å². The highest BCUT2D eigenvalue weighted by Gasteiger charge is 2.68. The minimum Gasteiger partial charge on any atom is -0.458 e. The van der Waals surface area contributed by atoms with E-state index >= 15 is 0 Å². The molecule has 0 N–H and O–H groups in total. The lowest BCUT2D eigenvalue weighted by Gasteiger charge is -2.22. The average molecular weight is 383 g/mol. The minimum absolute atomic E-state index is 0.0793. The summed E-state index contributed by atoms with van der Waals surface area (Å²) in [4.78, 5) is 25.6. The summed E-state index contributed by atoms with van der Waals surface area (Å²) in [6, 6.07) is 8.08. The van der Waals surface area contributed by atoms with Crippen LogP contribution in [0.5, 0.6) is 0 Å². The summed E-state index contributed by atoms with van der Waals surface area (Å²) < 4.78 is 33.6. The Hall–Kier alpha value is -1.89. The van der Waals surface area contributed by atoms with Crippen LogP contribution in [0.15, 0.2) is 30.3 Å². The van der Waals surface area contributed by atoms with Gasteiger partial charge in [0.15, 0.2) is 6.04 Å². The molecule has 2 aliphatic rings. The molecule has 0 aromatic heterocycles. The van der Waals surface area contributed by atoms with Crippen molar-refractivity contribution in [1.82, 2.24) is 4.90 Å². The van der Waals surface area contributed by atoms with E-state index in [9.17, 15) is 14.2 Å². The highest BCUT2D eigenvalue weighted by molar-refractivity contribution is 7.53. The van der Waals surface area contributed by atoms with E-state index in [0.717, 1.165) is 5.56 Å². The fourth-order valence-electron chi connectivity index (χ4n) is 3.10. The zero-order valence-electron chi connectivity index (χ0n) is 14.7. The molecule has 26 heavy (non-hydrogen) atoms. The Morgan fingerprint density at radius 3 is 2.46 bits per heavy atom. The van der Waals surface area contributed by atoms with Crippen molar-refractivity contribution in [3.05, 3.63) is 35.9 Å². The number of fused-ring (bicyclic) bond motifs is 1. The molecule has 2 aliphatic heterocycles. The van der Waals surface area contributed by atoms with E-state index in [1.807, 2.05) is 30.3 Å². The van der Waals surface area contributed by atoms with Crippen LogP contribution < -0.4 is 0 Å². The largest absolute Gasteiger partial charge is 0.458 e. The Morgan fingerprint density at radius 2 is 1.85 bits per heavy atom. The first-order chi connectivity index (χ1) is 12.5. The first-order valence-corrected chi connectivity index (χ1v) is 10.3. The molecule has 0 radical (unpaired) electrons. The van der Waals surface area contributed by atoms with Crippen molar-refractivity contribution in [2.75, 3.05) is 19.4 Å². The van der Waals surface area contributed by atoms with Gasteiger partial charge in [0.05, 0.1) is 19.4 Å². The summed E-state index contributed by atoms with van der Waals surface area (Å²) in [6.07, 6.45) is -1.39. The molecule has 0 spiro atoms. The Bertz CT molecular complexity index is 700. The maximum atomic E-state index is 12.7. The summed E-state index contributed by atoms with van der Waals surface area (Å²) in [5.41, 5.74) is 0.851. The Morgan fingerprint density at radius 1 is 1.19 bits per heavy atom. The SMILES string of the molecule is CCOP(=O)(C[C@H]1OC(=O)[C@H]2[C@@H]1N2C(=O)OCc1ccccc1)OCC. The van der Waals surface area contributed by atoms with E-state index in [-0.39, 0.29) is 26.0 Å². The molecule has 3 atom stereocenters. The smallest absolute Gasteiger partial charge is 0.411 e. The van der Waals surface area contributed by atoms with Crippen LogP contribution in [0.1, 0.15) is 19.4 Å². The van der Waals surface area contributed by atoms with Crippen molar-refractivity contribution in [2.45, 2.75) is 38.6 Å².